The molecule has 0 aliphatic carbocycles. The number of oxazole rings is 1. The summed E-state index contributed by atoms with van der Waals surface area (Å²) in [5.74, 6) is 1.30. The third kappa shape index (κ3) is 9.30. The van der Waals surface area contributed by atoms with Gasteiger partial charge in [-0.3, -0.25) is 9.59 Å². The minimum Gasteiger partial charge on any atom is -0.453 e. The number of methoxy groups -OCH3 is 1. The summed E-state index contributed by atoms with van der Waals surface area (Å²) in [6, 6.07) is 20.6. The molecule has 3 aromatic carbocycles. The zero-order chi connectivity index (χ0) is 44.4. The Labute approximate surface area is 365 Å². The van der Waals surface area contributed by atoms with Gasteiger partial charge in [-0.2, -0.15) is 0 Å². The molecule has 16 heteroatoms. The van der Waals surface area contributed by atoms with E-state index in [0.29, 0.717) is 53.7 Å². The second-order valence-electron chi connectivity index (χ2n) is 17.4. The van der Waals surface area contributed by atoms with Crippen LogP contribution in [0.1, 0.15) is 95.6 Å². The van der Waals surface area contributed by atoms with Gasteiger partial charge >= 0.3 is 12.2 Å². The summed E-state index contributed by atoms with van der Waals surface area (Å²) < 4.78 is 16.6. The molecule has 5 heterocycles. The number of amides is 4. The molecule has 4 amide bonds. The number of ether oxygens (including phenoxy) is 2. The maximum absolute atomic E-state index is 14.2. The van der Waals surface area contributed by atoms with Crippen molar-refractivity contribution in [1.82, 2.24) is 45.4 Å². The van der Waals surface area contributed by atoms with Gasteiger partial charge in [0.1, 0.15) is 34.9 Å². The van der Waals surface area contributed by atoms with Crippen LogP contribution in [-0.2, 0) is 19.1 Å². The Kier molecular flexibility index (Phi) is 12.1. The van der Waals surface area contributed by atoms with E-state index in [-0.39, 0.29) is 29.8 Å². The van der Waals surface area contributed by atoms with Gasteiger partial charge in [0.15, 0.2) is 5.58 Å². The van der Waals surface area contributed by atoms with Gasteiger partial charge in [0.2, 0.25) is 11.8 Å². The summed E-state index contributed by atoms with van der Waals surface area (Å²) in [4.78, 5) is 77.2. The molecule has 2 aliphatic rings. The number of hydrogen-bond acceptors (Lipinski definition) is 10. The maximum Gasteiger partial charge on any atom is 0.408 e. The highest BCUT2D eigenvalue weighted by atomic mass is 16.6. The fraction of sp³-hybridized carbons (Fsp3) is 0.383. The quantitative estimate of drug-likeness (QED) is 0.0984. The fourth-order valence-electron chi connectivity index (χ4n) is 8.35. The summed E-state index contributed by atoms with van der Waals surface area (Å²) in [6.07, 6.45) is 5.32. The van der Waals surface area contributed by atoms with Gasteiger partial charge in [-0.05, 0) is 87.8 Å². The first kappa shape index (κ1) is 42.7. The van der Waals surface area contributed by atoms with E-state index in [1.165, 1.54) is 7.11 Å². The molecule has 4 atom stereocenters. The van der Waals surface area contributed by atoms with Crippen LogP contribution in [0, 0.1) is 5.92 Å². The lowest BCUT2D eigenvalue weighted by molar-refractivity contribution is -0.136. The molecule has 6 aromatic rings. The lowest BCUT2D eigenvalue weighted by Gasteiger charge is -2.30. The Hall–Kier alpha value is -6.97. The largest absolute Gasteiger partial charge is 0.453 e. The molecule has 3 aromatic heterocycles. The molecule has 0 unspecified atom stereocenters. The van der Waals surface area contributed by atoms with Gasteiger partial charge in [-0.25, -0.2) is 24.5 Å². The van der Waals surface area contributed by atoms with Crippen LogP contribution in [0.25, 0.3) is 45.1 Å². The van der Waals surface area contributed by atoms with Gasteiger partial charge in [-0.1, -0.05) is 62.4 Å². The van der Waals surface area contributed by atoms with E-state index in [2.05, 4.69) is 25.6 Å². The maximum atomic E-state index is 14.2. The van der Waals surface area contributed by atoms with Crippen LogP contribution >= 0.6 is 0 Å². The third-order valence-electron chi connectivity index (χ3n) is 11.5. The molecule has 2 aliphatic heterocycles. The smallest absolute Gasteiger partial charge is 0.408 e. The number of hydrogen-bond donors (Lipinski definition) is 4. The lowest BCUT2D eigenvalue weighted by atomic mass is 10.0. The summed E-state index contributed by atoms with van der Waals surface area (Å²) in [6.45, 7) is 10.2. The van der Waals surface area contributed by atoms with Crippen molar-refractivity contribution in [3.05, 3.63) is 102 Å². The summed E-state index contributed by atoms with van der Waals surface area (Å²) in [7, 11) is 1.28. The van der Waals surface area contributed by atoms with Crippen LogP contribution in [-0.4, -0.2) is 90.6 Å². The summed E-state index contributed by atoms with van der Waals surface area (Å²) in [5, 5.41) is 5.50. The Balaban J connectivity index is 0.950. The Bertz CT molecular complexity index is 2590. The molecular formula is C47H53N9O7. The predicted molar refractivity (Wildman–Crippen MR) is 235 cm³/mol. The number of nitrogens with one attached hydrogen (secondary N) is 4. The van der Waals surface area contributed by atoms with Gasteiger partial charge in [0.05, 0.1) is 43.0 Å². The van der Waals surface area contributed by atoms with Crippen LogP contribution in [0.4, 0.5) is 9.59 Å². The van der Waals surface area contributed by atoms with E-state index in [1.54, 1.807) is 43.0 Å². The van der Waals surface area contributed by atoms with Crippen LogP contribution in [0.2, 0.25) is 0 Å². The molecule has 16 nitrogen and oxygen atoms in total. The average molecular weight is 856 g/mol. The highest BCUT2D eigenvalue weighted by molar-refractivity contribution is 5.88. The van der Waals surface area contributed by atoms with Crippen LogP contribution < -0.4 is 10.6 Å². The second kappa shape index (κ2) is 17.8. The first-order valence-electron chi connectivity index (χ1n) is 21.4. The standard InChI is InChI=1S/C47H53N9O7/c1-27(2)38(53-45(59)61-6)43(57)55-22-10-14-35(55)40-48-25-33(50-40)28-16-18-30(19-17-28)42-52-32-21-20-31(24-37(32)62-42)34-26-49-41(51-34)36-15-11-23-56(36)44(58)39(29-12-8-7-9-13-29)54-46(60)63-47(3,4)5/h7-9,12-13,16-21,24-27,35-36,38-39H,10-11,14-15,22-23H2,1-6H3,(H,48,50)(H,49,51)(H,53,59)(H,54,60)/t35-,36-,38-,39+/m0/s1. The number of rotatable bonds is 11. The number of carbonyl (C=O) groups is 4. The van der Waals surface area contributed by atoms with Crippen molar-refractivity contribution in [3.8, 4) is 34.0 Å². The molecule has 2 saturated heterocycles. The minimum atomic E-state index is -0.928. The molecule has 2 fully saturated rings. The topological polar surface area (TPSA) is 201 Å². The first-order chi connectivity index (χ1) is 30.3. The van der Waals surface area contributed by atoms with E-state index in [4.69, 9.17) is 23.9 Å². The molecule has 8 rings (SSSR count). The van der Waals surface area contributed by atoms with E-state index in [9.17, 15) is 19.2 Å². The molecule has 0 saturated carbocycles. The number of nitrogens with zero attached hydrogens (tertiary/aromatic N) is 5. The number of likely N-dealkylation sites (tertiary alicyclic amines) is 2. The Morgan fingerprint density at radius 3 is 1.95 bits per heavy atom. The number of alkyl carbamates (subject to hydrolysis) is 2. The van der Waals surface area contributed by atoms with Crippen molar-refractivity contribution in [1.29, 1.82) is 0 Å². The monoisotopic (exact) mass is 855 g/mol. The molecule has 0 radical (unpaired) electrons. The first-order valence-corrected chi connectivity index (χ1v) is 21.4. The Morgan fingerprint density at radius 2 is 1.35 bits per heavy atom. The highest BCUT2D eigenvalue weighted by Crippen LogP contribution is 2.36. The molecular weight excluding hydrogens is 803 g/mol. The SMILES string of the molecule is COC(=O)N[C@H](C(=O)N1CCC[C@H]1c1ncc(-c2ccc(-c3nc4ccc(-c5cnc([C@@H]6CCCN6C(=O)[C@H](NC(=O)OC(C)(C)C)c6ccccc6)[nH]5)cc4o3)cc2)[nH]1)C(C)C. The molecule has 0 bridgehead atoms. The number of imidazole rings is 2. The van der Waals surface area contributed by atoms with Crippen molar-refractivity contribution in [2.24, 2.45) is 5.92 Å². The van der Waals surface area contributed by atoms with Crippen molar-refractivity contribution in [2.45, 2.75) is 90.1 Å². The number of benzene rings is 3. The van der Waals surface area contributed by atoms with E-state index in [0.717, 1.165) is 47.3 Å². The number of carbonyl (C=O) groups excluding carboxylic acids is 4. The fourth-order valence-corrected chi connectivity index (χ4v) is 8.35. The van der Waals surface area contributed by atoms with Crippen LogP contribution in [0.3, 0.4) is 0 Å². The number of H-pyrrole nitrogens is 2. The average Bonchev–Trinajstić information content (AvgIpc) is 4.13. The minimum absolute atomic E-state index is 0.122. The van der Waals surface area contributed by atoms with Gasteiger partial charge in [0.25, 0.3) is 5.91 Å². The van der Waals surface area contributed by atoms with Crippen molar-refractivity contribution in [2.75, 3.05) is 20.2 Å². The van der Waals surface area contributed by atoms with E-state index >= 15 is 0 Å². The zero-order valence-corrected chi connectivity index (χ0v) is 36.3. The van der Waals surface area contributed by atoms with Crippen molar-refractivity contribution in [3.63, 3.8) is 0 Å². The van der Waals surface area contributed by atoms with E-state index < -0.39 is 29.9 Å². The number of aromatic nitrogens is 5. The number of aromatic amines is 2. The zero-order valence-electron chi connectivity index (χ0n) is 36.3. The normalized spacial score (nSPS) is 17.5. The second-order valence-corrected chi connectivity index (χ2v) is 17.4. The van der Waals surface area contributed by atoms with Gasteiger partial charge < -0.3 is 44.3 Å². The van der Waals surface area contributed by atoms with Crippen LogP contribution in [0.15, 0.2) is 89.6 Å². The Morgan fingerprint density at radius 1 is 0.762 bits per heavy atom. The van der Waals surface area contributed by atoms with Crippen molar-refractivity contribution < 1.29 is 33.1 Å². The molecule has 4 N–H and O–H groups in total. The predicted octanol–water partition coefficient (Wildman–Crippen LogP) is 8.25. The van der Waals surface area contributed by atoms with Crippen molar-refractivity contribution >= 4 is 35.1 Å². The molecule has 0 spiro atoms. The lowest BCUT2D eigenvalue weighted by Crippen LogP contribution is -2.51. The van der Waals surface area contributed by atoms with E-state index in [1.807, 2.05) is 86.6 Å². The summed E-state index contributed by atoms with van der Waals surface area (Å²) in [5.41, 5.74) is 5.38. The highest BCUT2D eigenvalue weighted by Gasteiger charge is 2.39. The van der Waals surface area contributed by atoms with Crippen LogP contribution in [0.5, 0.6) is 0 Å². The molecule has 63 heavy (non-hydrogen) atoms. The molecule has 328 valence electrons. The third-order valence-corrected chi connectivity index (χ3v) is 11.5. The summed E-state index contributed by atoms with van der Waals surface area (Å²) >= 11 is 0. The number of fused-ring (bicyclic) bond motifs is 1. The van der Waals surface area contributed by atoms with Gasteiger partial charge in [0, 0.05) is 24.2 Å². The van der Waals surface area contributed by atoms with Gasteiger partial charge in [-0.15, -0.1) is 0 Å².